The van der Waals surface area contributed by atoms with Gasteiger partial charge in [0.05, 0.1) is 12.6 Å². The third kappa shape index (κ3) is 3.82. The number of ether oxygens (including phenoxy) is 1. The number of nitrogens with zero attached hydrogens (tertiary/aromatic N) is 1. The maximum absolute atomic E-state index is 11.5. The number of rotatable bonds is 4. The topological polar surface area (TPSA) is 41.6 Å². The maximum atomic E-state index is 11.5. The molecule has 1 saturated heterocycles. The molecule has 1 fully saturated rings. The molecule has 1 heterocycles. The fourth-order valence-corrected chi connectivity index (χ4v) is 1.64. The van der Waals surface area contributed by atoms with Gasteiger partial charge in [-0.15, -0.1) is 12.4 Å². The van der Waals surface area contributed by atoms with Crippen LogP contribution in [0.2, 0.25) is 0 Å². The van der Waals surface area contributed by atoms with E-state index < -0.39 is 0 Å². The minimum absolute atomic E-state index is 0. The van der Waals surface area contributed by atoms with Gasteiger partial charge in [-0.1, -0.05) is 0 Å². The molecule has 0 spiro atoms. The number of methoxy groups -OCH3 is 1. The summed E-state index contributed by atoms with van der Waals surface area (Å²) in [7, 11) is 3.63. The molecule has 0 aromatic heterocycles. The molecular formula is C9H19ClN2O2. The van der Waals surface area contributed by atoms with Gasteiger partial charge in [-0.25, -0.2) is 0 Å². The van der Waals surface area contributed by atoms with E-state index in [0.717, 1.165) is 19.4 Å². The molecule has 0 aliphatic carbocycles. The number of hydrogen-bond donors (Lipinski definition) is 1. The largest absolute Gasteiger partial charge is 0.383 e. The van der Waals surface area contributed by atoms with Crippen LogP contribution in [0.4, 0.5) is 0 Å². The number of amides is 1. The average molecular weight is 223 g/mol. The highest BCUT2D eigenvalue weighted by molar-refractivity contribution is 5.85. The normalized spacial score (nSPS) is 21.7. The van der Waals surface area contributed by atoms with Gasteiger partial charge in [0.2, 0.25) is 5.91 Å². The monoisotopic (exact) mass is 222 g/mol. The van der Waals surface area contributed by atoms with E-state index in [9.17, 15) is 4.79 Å². The van der Waals surface area contributed by atoms with E-state index in [2.05, 4.69) is 10.2 Å². The van der Waals surface area contributed by atoms with E-state index in [1.54, 1.807) is 7.11 Å². The summed E-state index contributed by atoms with van der Waals surface area (Å²) in [6.45, 7) is 2.23. The maximum Gasteiger partial charge on any atom is 0.237 e. The second-order valence-corrected chi connectivity index (χ2v) is 3.42. The Hall–Kier alpha value is -0.320. The van der Waals surface area contributed by atoms with Crippen molar-refractivity contribution in [1.82, 2.24) is 10.2 Å². The van der Waals surface area contributed by atoms with Crippen molar-refractivity contribution >= 4 is 18.3 Å². The average Bonchev–Trinajstić information content (AvgIpc) is 2.52. The number of halogens is 1. The number of likely N-dealkylation sites (tertiary alicyclic amines) is 1. The molecule has 84 valence electrons. The number of carbonyl (C=O) groups is 1. The van der Waals surface area contributed by atoms with Gasteiger partial charge < -0.3 is 10.1 Å². The summed E-state index contributed by atoms with van der Waals surface area (Å²) < 4.78 is 4.85. The molecule has 1 amide bonds. The lowest BCUT2D eigenvalue weighted by atomic mass is 10.2. The summed E-state index contributed by atoms with van der Waals surface area (Å²) in [5.41, 5.74) is 0. The fraction of sp³-hybridized carbons (Fsp3) is 0.889. The highest BCUT2D eigenvalue weighted by Gasteiger charge is 2.26. The van der Waals surface area contributed by atoms with Crippen LogP contribution < -0.4 is 5.32 Å². The van der Waals surface area contributed by atoms with Crippen LogP contribution in [0, 0.1) is 0 Å². The summed E-state index contributed by atoms with van der Waals surface area (Å²) >= 11 is 0. The van der Waals surface area contributed by atoms with Crippen molar-refractivity contribution in [2.45, 2.75) is 18.9 Å². The Bertz CT molecular complexity index is 178. The van der Waals surface area contributed by atoms with Crippen LogP contribution in [-0.2, 0) is 9.53 Å². The first-order chi connectivity index (χ1) is 6.25. The van der Waals surface area contributed by atoms with Gasteiger partial charge in [0, 0.05) is 13.7 Å². The van der Waals surface area contributed by atoms with Crippen molar-refractivity contribution in [2.24, 2.45) is 0 Å². The van der Waals surface area contributed by atoms with Gasteiger partial charge in [-0.3, -0.25) is 9.69 Å². The molecule has 0 radical (unpaired) electrons. The molecule has 0 saturated carbocycles. The van der Waals surface area contributed by atoms with E-state index in [1.807, 2.05) is 7.05 Å². The van der Waals surface area contributed by atoms with E-state index in [4.69, 9.17) is 4.74 Å². The Morgan fingerprint density at radius 3 is 2.86 bits per heavy atom. The van der Waals surface area contributed by atoms with Gasteiger partial charge in [0.25, 0.3) is 0 Å². The summed E-state index contributed by atoms with van der Waals surface area (Å²) in [6, 6.07) is 0.0804. The second kappa shape index (κ2) is 7.04. The molecule has 1 rings (SSSR count). The van der Waals surface area contributed by atoms with Crippen molar-refractivity contribution < 1.29 is 9.53 Å². The first kappa shape index (κ1) is 13.7. The third-order valence-corrected chi connectivity index (χ3v) is 2.43. The minimum Gasteiger partial charge on any atom is -0.383 e. The van der Waals surface area contributed by atoms with Crippen LogP contribution in [0.5, 0.6) is 0 Å². The Labute approximate surface area is 91.4 Å². The molecule has 0 aromatic rings. The number of nitrogens with one attached hydrogen (secondary N) is 1. The van der Waals surface area contributed by atoms with Crippen molar-refractivity contribution in [3.05, 3.63) is 0 Å². The van der Waals surface area contributed by atoms with Crippen molar-refractivity contribution in [1.29, 1.82) is 0 Å². The van der Waals surface area contributed by atoms with Crippen molar-refractivity contribution in [3.8, 4) is 0 Å². The lowest BCUT2D eigenvalue weighted by Gasteiger charge is -2.18. The molecule has 5 heteroatoms. The molecule has 1 aliphatic heterocycles. The second-order valence-electron chi connectivity index (χ2n) is 3.42. The van der Waals surface area contributed by atoms with Gasteiger partial charge in [-0.2, -0.15) is 0 Å². The quantitative estimate of drug-likeness (QED) is 0.695. The molecular weight excluding hydrogens is 204 g/mol. The van der Waals surface area contributed by atoms with Crippen LogP contribution in [0.15, 0.2) is 0 Å². The highest BCUT2D eigenvalue weighted by Crippen LogP contribution is 2.14. The number of hydrogen-bond acceptors (Lipinski definition) is 3. The first-order valence-corrected chi connectivity index (χ1v) is 4.72. The molecule has 4 nitrogen and oxygen atoms in total. The summed E-state index contributed by atoms with van der Waals surface area (Å²) in [5, 5.41) is 2.85. The lowest BCUT2D eigenvalue weighted by Crippen LogP contribution is -2.42. The smallest absolute Gasteiger partial charge is 0.237 e. The van der Waals surface area contributed by atoms with Crippen LogP contribution in [0.3, 0.4) is 0 Å². The van der Waals surface area contributed by atoms with E-state index in [0.29, 0.717) is 13.2 Å². The van der Waals surface area contributed by atoms with Crippen LogP contribution >= 0.6 is 12.4 Å². The van der Waals surface area contributed by atoms with Gasteiger partial charge in [0.1, 0.15) is 0 Å². The zero-order valence-electron chi connectivity index (χ0n) is 8.78. The molecule has 0 unspecified atom stereocenters. The lowest BCUT2D eigenvalue weighted by molar-refractivity contribution is -0.125. The molecule has 1 N–H and O–H groups in total. The Kier molecular flexibility index (Phi) is 6.87. The summed E-state index contributed by atoms with van der Waals surface area (Å²) in [6.07, 6.45) is 2.11. The van der Waals surface area contributed by atoms with Crippen LogP contribution in [0.25, 0.3) is 0 Å². The van der Waals surface area contributed by atoms with Crippen molar-refractivity contribution in [2.75, 3.05) is 33.9 Å². The SMILES string of the molecule is COCCNC(=O)[C@@H]1CCCN1C.Cl. The first-order valence-electron chi connectivity index (χ1n) is 4.72. The van der Waals surface area contributed by atoms with Gasteiger partial charge in [0.15, 0.2) is 0 Å². The Morgan fingerprint density at radius 1 is 1.64 bits per heavy atom. The minimum atomic E-state index is 0. The predicted molar refractivity (Wildman–Crippen MR) is 57.8 cm³/mol. The van der Waals surface area contributed by atoms with E-state index in [-0.39, 0.29) is 24.4 Å². The Balaban J connectivity index is 0.00000169. The third-order valence-electron chi connectivity index (χ3n) is 2.43. The van der Waals surface area contributed by atoms with Crippen molar-refractivity contribution in [3.63, 3.8) is 0 Å². The standard InChI is InChI=1S/C9H18N2O2.ClH/c1-11-6-3-4-8(11)9(12)10-5-7-13-2;/h8H,3-7H2,1-2H3,(H,10,12);1H/t8-;/m0./s1. The molecule has 1 atom stereocenters. The predicted octanol–water partition coefficient (Wildman–Crippen LogP) is 0.265. The number of likely N-dealkylation sites (N-methyl/N-ethyl adjacent to an activating group) is 1. The van der Waals surface area contributed by atoms with Gasteiger partial charge >= 0.3 is 0 Å². The van der Waals surface area contributed by atoms with Gasteiger partial charge in [-0.05, 0) is 26.4 Å². The molecule has 14 heavy (non-hydrogen) atoms. The molecule has 0 aromatic carbocycles. The van der Waals surface area contributed by atoms with E-state index >= 15 is 0 Å². The summed E-state index contributed by atoms with van der Waals surface area (Å²) in [5.74, 6) is 0.136. The van der Waals surface area contributed by atoms with E-state index in [1.165, 1.54) is 0 Å². The zero-order valence-corrected chi connectivity index (χ0v) is 9.60. The van der Waals surface area contributed by atoms with Crippen LogP contribution in [0.1, 0.15) is 12.8 Å². The summed E-state index contributed by atoms with van der Waals surface area (Å²) in [4.78, 5) is 13.6. The molecule has 1 aliphatic rings. The fourth-order valence-electron chi connectivity index (χ4n) is 1.64. The van der Waals surface area contributed by atoms with Crippen LogP contribution in [-0.4, -0.2) is 50.7 Å². The zero-order chi connectivity index (χ0) is 9.68. The highest BCUT2D eigenvalue weighted by atomic mass is 35.5. The Morgan fingerprint density at radius 2 is 2.36 bits per heavy atom. The number of carbonyl (C=O) groups excluding carboxylic acids is 1. The molecule has 0 bridgehead atoms.